The van der Waals surface area contributed by atoms with Crippen LogP contribution in [0.3, 0.4) is 0 Å². The number of rotatable bonds is 7. The average molecular weight is 400 g/mol. The van der Waals surface area contributed by atoms with Gasteiger partial charge in [0.2, 0.25) is 0 Å². The van der Waals surface area contributed by atoms with Crippen LogP contribution in [0.2, 0.25) is 0 Å². The fourth-order valence-corrected chi connectivity index (χ4v) is 3.38. The molecular weight excluding hydrogens is 376 g/mol. The van der Waals surface area contributed by atoms with E-state index in [9.17, 15) is 4.79 Å². The highest BCUT2D eigenvalue weighted by Gasteiger charge is 2.07. The third kappa shape index (κ3) is 4.49. The molecule has 1 amide bonds. The Balaban J connectivity index is 1.30. The maximum Gasteiger partial charge on any atom is 0.251 e. The first kappa shape index (κ1) is 19.6. The summed E-state index contributed by atoms with van der Waals surface area (Å²) in [6.07, 6.45) is 5.53. The highest BCUT2D eigenvalue weighted by atomic mass is 16.5. The van der Waals surface area contributed by atoms with Crippen LogP contribution in [-0.2, 0) is 6.42 Å². The molecule has 0 aliphatic rings. The number of carbonyl (C=O) groups is 1. The van der Waals surface area contributed by atoms with Crippen molar-refractivity contribution in [2.75, 3.05) is 13.7 Å². The Morgan fingerprint density at radius 3 is 2.73 bits per heavy atom. The molecule has 0 saturated carbocycles. The second-order valence-electron chi connectivity index (χ2n) is 7.22. The Morgan fingerprint density at radius 2 is 1.93 bits per heavy atom. The van der Waals surface area contributed by atoms with E-state index in [2.05, 4.69) is 15.4 Å². The Hall–Kier alpha value is -3.67. The second-order valence-corrected chi connectivity index (χ2v) is 7.22. The lowest BCUT2D eigenvalue weighted by molar-refractivity contribution is 0.0953. The molecule has 0 bridgehead atoms. The van der Waals surface area contributed by atoms with Crippen molar-refractivity contribution >= 4 is 11.6 Å². The van der Waals surface area contributed by atoms with Gasteiger partial charge in [0.05, 0.1) is 12.8 Å². The van der Waals surface area contributed by atoms with Crippen molar-refractivity contribution in [2.45, 2.75) is 19.8 Å². The molecule has 30 heavy (non-hydrogen) atoms. The fourth-order valence-electron chi connectivity index (χ4n) is 3.38. The Labute approximate surface area is 175 Å². The van der Waals surface area contributed by atoms with Gasteiger partial charge in [-0.15, -0.1) is 0 Å². The highest BCUT2D eigenvalue weighted by molar-refractivity contribution is 5.94. The molecule has 4 aromatic rings. The molecule has 0 atom stereocenters. The van der Waals surface area contributed by atoms with Crippen molar-refractivity contribution in [1.82, 2.24) is 19.9 Å². The molecule has 0 unspecified atom stereocenters. The van der Waals surface area contributed by atoms with Crippen molar-refractivity contribution in [1.29, 1.82) is 0 Å². The van der Waals surface area contributed by atoms with Crippen LogP contribution in [0.4, 0.5) is 0 Å². The summed E-state index contributed by atoms with van der Waals surface area (Å²) >= 11 is 0. The number of benzene rings is 2. The van der Waals surface area contributed by atoms with Gasteiger partial charge in [-0.3, -0.25) is 4.79 Å². The normalized spacial score (nSPS) is 10.9. The monoisotopic (exact) mass is 400 g/mol. The van der Waals surface area contributed by atoms with Crippen molar-refractivity contribution in [3.8, 4) is 16.9 Å². The number of aromatic nitrogens is 3. The van der Waals surface area contributed by atoms with Gasteiger partial charge in [0.25, 0.3) is 5.91 Å². The lowest BCUT2D eigenvalue weighted by Crippen LogP contribution is -2.24. The minimum atomic E-state index is -0.0662. The summed E-state index contributed by atoms with van der Waals surface area (Å²) in [5, 5.41) is 7.37. The predicted molar refractivity (Wildman–Crippen MR) is 117 cm³/mol. The largest absolute Gasteiger partial charge is 0.497 e. The number of nitrogens with zero attached hydrogens (tertiary/aromatic N) is 3. The molecule has 0 aliphatic carbocycles. The predicted octanol–water partition coefficient (Wildman–Crippen LogP) is 4.08. The van der Waals surface area contributed by atoms with Crippen LogP contribution >= 0.6 is 0 Å². The van der Waals surface area contributed by atoms with Gasteiger partial charge in [0.1, 0.15) is 5.75 Å². The van der Waals surface area contributed by atoms with E-state index in [0.717, 1.165) is 46.6 Å². The van der Waals surface area contributed by atoms with E-state index in [1.807, 2.05) is 73.9 Å². The number of fused-ring (bicyclic) bond motifs is 1. The maximum atomic E-state index is 12.4. The van der Waals surface area contributed by atoms with E-state index in [1.165, 1.54) is 0 Å². The summed E-state index contributed by atoms with van der Waals surface area (Å²) in [6, 6.07) is 17.4. The number of hydrogen-bond acceptors (Lipinski definition) is 4. The summed E-state index contributed by atoms with van der Waals surface area (Å²) in [5.41, 5.74) is 5.65. The second kappa shape index (κ2) is 8.78. The van der Waals surface area contributed by atoms with Crippen LogP contribution in [0.15, 0.2) is 67.0 Å². The molecule has 6 nitrogen and oxygen atoms in total. The number of carbonyl (C=O) groups excluding carboxylic acids is 1. The number of hydrogen-bond donors (Lipinski definition) is 1. The third-order valence-electron chi connectivity index (χ3n) is 4.97. The van der Waals surface area contributed by atoms with E-state index >= 15 is 0 Å². The minimum absolute atomic E-state index is 0.0662. The molecular formula is C24H24N4O2. The first-order valence-corrected chi connectivity index (χ1v) is 9.96. The summed E-state index contributed by atoms with van der Waals surface area (Å²) < 4.78 is 7.07. The van der Waals surface area contributed by atoms with E-state index in [-0.39, 0.29) is 5.91 Å². The smallest absolute Gasteiger partial charge is 0.251 e. The Morgan fingerprint density at radius 1 is 1.10 bits per heavy atom. The third-order valence-corrected chi connectivity index (χ3v) is 4.97. The molecule has 0 aliphatic heterocycles. The van der Waals surface area contributed by atoms with Crippen LogP contribution in [0, 0.1) is 6.92 Å². The molecule has 6 heteroatoms. The van der Waals surface area contributed by atoms with Gasteiger partial charge in [-0.25, -0.2) is 9.50 Å². The van der Waals surface area contributed by atoms with E-state index in [1.54, 1.807) is 11.6 Å². The maximum absolute atomic E-state index is 12.4. The van der Waals surface area contributed by atoms with Gasteiger partial charge in [-0.1, -0.05) is 24.3 Å². The van der Waals surface area contributed by atoms with Crippen LogP contribution in [-0.4, -0.2) is 34.2 Å². The summed E-state index contributed by atoms with van der Waals surface area (Å²) in [6.45, 7) is 2.56. The zero-order valence-electron chi connectivity index (χ0n) is 17.1. The molecule has 2 heterocycles. The van der Waals surface area contributed by atoms with Crippen LogP contribution in [0.5, 0.6) is 5.75 Å². The molecule has 0 radical (unpaired) electrons. The van der Waals surface area contributed by atoms with Crippen LogP contribution in [0.1, 0.15) is 28.0 Å². The van der Waals surface area contributed by atoms with Crippen molar-refractivity contribution in [3.63, 3.8) is 0 Å². The van der Waals surface area contributed by atoms with Gasteiger partial charge in [-0.2, -0.15) is 5.10 Å². The Kier molecular flexibility index (Phi) is 5.75. The zero-order chi connectivity index (χ0) is 20.9. The first-order valence-electron chi connectivity index (χ1n) is 9.96. The molecule has 2 aromatic heterocycles. The summed E-state index contributed by atoms with van der Waals surface area (Å²) in [4.78, 5) is 16.8. The SMILES string of the molecule is COc1cccc(-c2ccc(C(=O)NCCCc3cnc4cc(C)nn4c3)cc2)c1. The van der Waals surface area contributed by atoms with E-state index < -0.39 is 0 Å². The fraction of sp³-hybridized carbons (Fsp3) is 0.208. The molecule has 4 rings (SSSR count). The molecule has 0 spiro atoms. The first-order chi connectivity index (χ1) is 14.6. The van der Waals surface area contributed by atoms with E-state index in [0.29, 0.717) is 12.1 Å². The molecule has 0 saturated heterocycles. The van der Waals surface area contributed by atoms with Crippen molar-refractivity contribution < 1.29 is 9.53 Å². The van der Waals surface area contributed by atoms with Crippen molar-refractivity contribution in [2.24, 2.45) is 0 Å². The number of nitrogens with one attached hydrogen (secondary N) is 1. The Bertz CT molecular complexity index is 1170. The number of aryl methyl sites for hydroxylation is 2. The van der Waals surface area contributed by atoms with Gasteiger partial charge in [0, 0.05) is 30.6 Å². The number of ether oxygens (including phenoxy) is 1. The lowest BCUT2D eigenvalue weighted by Gasteiger charge is -2.08. The summed E-state index contributed by atoms with van der Waals surface area (Å²) in [7, 11) is 1.65. The van der Waals surface area contributed by atoms with Gasteiger partial charge in [-0.05, 0) is 60.7 Å². The molecule has 1 N–H and O–H groups in total. The van der Waals surface area contributed by atoms with Crippen LogP contribution in [0.25, 0.3) is 16.8 Å². The highest BCUT2D eigenvalue weighted by Crippen LogP contribution is 2.24. The lowest BCUT2D eigenvalue weighted by atomic mass is 10.0. The van der Waals surface area contributed by atoms with Crippen molar-refractivity contribution in [3.05, 3.63) is 83.8 Å². The molecule has 2 aromatic carbocycles. The quantitative estimate of drug-likeness (QED) is 0.475. The summed E-state index contributed by atoms with van der Waals surface area (Å²) in [5.74, 6) is 0.745. The van der Waals surface area contributed by atoms with Gasteiger partial charge < -0.3 is 10.1 Å². The average Bonchev–Trinajstić information content (AvgIpc) is 3.16. The zero-order valence-corrected chi connectivity index (χ0v) is 17.1. The van der Waals surface area contributed by atoms with Gasteiger partial charge >= 0.3 is 0 Å². The number of amides is 1. The number of methoxy groups -OCH3 is 1. The van der Waals surface area contributed by atoms with Crippen LogP contribution < -0.4 is 10.1 Å². The van der Waals surface area contributed by atoms with Gasteiger partial charge in [0.15, 0.2) is 5.65 Å². The standard InChI is InChI=1S/C24H24N4O2/c1-17-13-23-26-15-18(16-28(23)27-17)5-4-12-25-24(29)20-10-8-19(9-11-20)21-6-3-7-22(14-21)30-2/h3,6-11,13-16H,4-5,12H2,1-2H3,(H,25,29). The molecule has 152 valence electrons. The minimum Gasteiger partial charge on any atom is -0.497 e. The van der Waals surface area contributed by atoms with E-state index in [4.69, 9.17) is 4.74 Å². The molecule has 0 fully saturated rings. The topological polar surface area (TPSA) is 68.5 Å².